The number of piperidine rings is 1. The van der Waals surface area contributed by atoms with E-state index in [9.17, 15) is 37.5 Å². The van der Waals surface area contributed by atoms with Gasteiger partial charge >= 0.3 is 5.69 Å². The Bertz CT molecular complexity index is 2790. The summed E-state index contributed by atoms with van der Waals surface area (Å²) in [5.41, 5.74) is 6.81. The lowest BCUT2D eigenvalue weighted by atomic mass is 9.86. The summed E-state index contributed by atoms with van der Waals surface area (Å²) >= 11 is 0. The minimum atomic E-state index is -1.78. The number of hydrogen-bond acceptors (Lipinski definition) is 8. The van der Waals surface area contributed by atoms with Gasteiger partial charge in [0.25, 0.3) is 5.91 Å². The summed E-state index contributed by atoms with van der Waals surface area (Å²) < 4.78 is 46.7. The molecule has 3 N–H and O–H groups in total. The lowest BCUT2D eigenvalue weighted by molar-refractivity contribution is -0.135. The summed E-state index contributed by atoms with van der Waals surface area (Å²) in [5.74, 6) is -7.78. The first-order chi connectivity index (χ1) is 29.4. The number of aromatic nitrogens is 5. The number of halogens is 3. The summed E-state index contributed by atoms with van der Waals surface area (Å²) in [6.07, 6.45) is 10.5. The van der Waals surface area contributed by atoms with E-state index in [-0.39, 0.29) is 36.5 Å². The maximum atomic E-state index is 14.2. The highest BCUT2D eigenvalue weighted by Gasteiger charge is 2.32. The summed E-state index contributed by atoms with van der Waals surface area (Å²) in [5, 5.41) is 20.2. The molecular formula is C45H45F3N8O5. The number of benzene rings is 3. The highest BCUT2D eigenvalue weighted by molar-refractivity contribution is 6.00. The number of nitrogens with one attached hydrogen (secondary N) is 2. The second kappa shape index (κ2) is 16.3. The van der Waals surface area contributed by atoms with Crippen LogP contribution in [0.2, 0.25) is 0 Å². The lowest BCUT2D eigenvalue weighted by Gasteiger charge is -2.28. The number of aryl methyl sites for hydroxylation is 2. The zero-order valence-corrected chi connectivity index (χ0v) is 33.6. The van der Waals surface area contributed by atoms with E-state index >= 15 is 0 Å². The normalized spacial score (nSPS) is 19.6. The maximum absolute atomic E-state index is 14.2. The van der Waals surface area contributed by atoms with Crippen LogP contribution in [0.25, 0.3) is 33.2 Å². The van der Waals surface area contributed by atoms with Gasteiger partial charge in [-0.25, -0.2) is 13.6 Å². The van der Waals surface area contributed by atoms with E-state index in [1.807, 2.05) is 29.1 Å². The third-order valence-corrected chi connectivity index (χ3v) is 12.7. The average Bonchev–Trinajstić information content (AvgIpc) is 3.80. The molecule has 3 amide bonds. The fourth-order valence-electron chi connectivity index (χ4n) is 9.23. The van der Waals surface area contributed by atoms with Gasteiger partial charge < -0.3 is 10.4 Å². The number of carbonyl (C=O) groups is 3. The number of imide groups is 1. The predicted molar refractivity (Wildman–Crippen MR) is 220 cm³/mol. The van der Waals surface area contributed by atoms with Crippen LogP contribution in [-0.4, -0.2) is 71.3 Å². The molecule has 1 aliphatic carbocycles. The molecule has 1 saturated heterocycles. The van der Waals surface area contributed by atoms with Gasteiger partial charge in [-0.05, 0) is 111 Å². The van der Waals surface area contributed by atoms with Crippen LogP contribution in [0.15, 0.2) is 65.7 Å². The number of carbonyl (C=O) groups excluding carboxylic acids is 3. The number of hydrogen-bond donors (Lipinski definition) is 3. The van der Waals surface area contributed by atoms with E-state index in [0.717, 1.165) is 97.8 Å². The number of rotatable bonds is 10. The molecule has 6 aromatic rings. The molecule has 3 aromatic heterocycles. The Balaban J connectivity index is 0.776. The molecule has 3 aliphatic rings. The first kappa shape index (κ1) is 40.1. The van der Waals surface area contributed by atoms with Crippen LogP contribution in [0.5, 0.6) is 5.75 Å². The number of phenols is 1. The van der Waals surface area contributed by atoms with Crippen LogP contribution in [0.1, 0.15) is 84.1 Å². The molecule has 1 saturated carbocycles. The zero-order chi connectivity index (χ0) is 42.5. The molecule has 1 unspecified atom stereocenters. The van der Waals surface area contributed by atoms with Crippen molar-refractivity contribution < 1.29 is 32.7 Å². The van der Waals surface area contributed by atoms with Crippen molar-refractivity contribution in [2.75, 3.05) is 19.6 Å². The zero-order valence-electron chi connectivity index (χ0n) is 33.6. The van der Waals surface area contributed by atoms with Crippen molar-refractivity contribution in [2.45, 2.75) is 76.4 Å². The first-order valence-corrected chi connectivity index (χ1v) is 20.8. The van der Waals surface area contributed by atoms with Crippen LogP contribution < -0.4 is 16.3 Å². The Morgan fingerprint density at radius 3 is 2.56 bits per heavy atom. The molecule has 5 heterocycles. The molecule has 61 heavy (non-hydrogen) atoms. The molecule has 0 spiro atoms. The molecule has 0 bridgehead atoms. The van der Waals surface area contributed by atoms with Gasteiger partial charge in [-0.1, -0.05) is 18.2 Å². The average molecular weight is 835 g/mol. The minimum Gasteiger partial charge on any atom is -0.503 e. The number of imidazole rings is 1. The van der Waals surface area contributed by atoms with Gasteiger partial charge in [-0.3, -0.25) is 43.4 Å². The van der Waals surface area contributed by atoms with Crippen molar-refractivity contribution in [3.8, 4) is 17.0 Å². The Morgan fingerprint density at radius 1 is 0.934 bits per heavy atom. The van der Waals surface area contributed by atoms with Crippen LogP contribution in [-0.2, 0) is 36.0 Å². The van der Waals surface area contributed by atoms with Crippen LogP contribution in [0.4, 0.5) is 13.2 Å². The topological polar surface area (TPSA) is 156 Å². The maximum Gasteiger partial charge on any atom is 0.329 e. The number of pyridine rings is 1. The number of amides is 3. The smallest absolute Gasteiger partial charge is 0.329 e. The van der Waals surface area contributed by atoms with Gasteiger partial charge in [0.05, 0.1) is 33.8 Å². The predicted octanol–water partition coefficient (Wildman–Crippen LogP) is 6.00. The van der Waals surface area contributed by atoms with Gasteiger partial charge in [-0.2, -0.15) is 9.49 Å². The molecule has 0 radical (unpaired) electrons. The van der Waals surface area contributed by atoms with Crippen molar-refractivity contribution in [1.82, 2.24) is 39.4 Å². The molecule has 316 valence electrons. The second-order valence-corrected chi connectivity index (χ2v) is 16.6. The Morgan fingerprint density at radius 2 is 1.75 bits per heavy atom. The first-order valence-electron chi connectivity index (χ1n) is 20.8. The molecular weight excluding hydrogens is 790 g/mol. The molecule has 9 rings (SSSR count). The van der Waals surface area contributed by atoms with E-state index in [1.54, 1.807) is 11.6 Å². The highest BCUT2D eigenvalue weighted by atomic mass is 19.2. The molecule has 1 atom stereocenters. The van der Waals surface area contributed by atoms with Crippen molar-refractivity contribution >= 4 is 39.7 Å². The largest absolute Gasteiger partial charge is 0.503 e. The number of aromatic hydroxyl groups is 1. The summed E-state index contributed by atoms with van der Waals surface area (Å²) in [7, 11) is 1.71. The Hall–Kier alpha value is -6.29. The SMILES string of the molecule is Cn1c(=O)n(C2CCC(=O)NC2=O)c2ccc(CCCN3CCc4cc(-c5ccc6cn([C@H]7CC[C@H](CNC(=O)c8cc(F)c(O)c(F)c8F)CC7)nc6c5)ncc4C3)cc21. The van der Waals surface area contributed by atoms with Gasteiger partial charge in [0.2, 0.25) is 17.6 Å². The standard InChI is InChI=1S/C45H45F3N8O5/c1-53-38-17-25(6-11-36(38)56(45(53)61)37-12-13-39(57)51-44(37)60)3-2-15-54-16-14-27-18-34(49-22-30(27)23-54)28-7-8-29-24-55(52-35(29)19-28)31-9-4-26(5-10-31)21-50-43(59)32-20-33(46)42(58)41(48)40(32)47/h6-8,11,17-20,22,24,26,31,37,58H,2-5,9-10,12-16,21,23H2,1H3,(H,50,59)(H,51,57,60)/t26-,31-,37?. The van der Waals surface area contributed by atoms with Gasteiger partial charge in [-0.15, -0.1) is 0 Å². The van der Waals surface area contributed by atoms with E-state index in [2.05, 4.69) is 46.0 Å². The third-order valence-electron chi connectivity index (χ3n) is 12.7. The summed E-state index contributed by atoms with van der Waals surface area (Å²) in [6.45, 7) is 2.91. The fraction of sp³-hybridized carbons (Fsp3) is 0.378. The molecule has 3 aromatic carbocycles. The lowest BCUT2D eigenvalue weighted by Crippen LogP contribution is -2.44. The second-order valence-electron chi connectivity index (χ2n) is 16.6. The number of phenolic OH excluding ortho intramolecular Hbond substituents is 1. The van der Waals surface area contributed by atoms with Crippen molar-refractivity contribution in [3.63, 3.8) is 0 Å². The van der Waals surface area contributed by atoms with Gasteiger partial charge in [0, 0.05) is 56.4 Å². The molecule has 2 aliphatic heterocycles. The molecule has 13 nitrogen and oxygen atoms in total. The van der Waals surface area contributed by atoms with Crippen molar-refractivity contribution in [2.24, 2.45) is 13.0 Å². The monoisotopic (exact) mass is 834 g/mol. The van der Waals surface area contributed by atoms with Crippen LogP contribution >= 0.6 is 0 Å². The fourth-order valence-corrected chi connectivity index (χ4v) is 9.23. The van der Waals surface area contributed by atoms with E-state index < -0.39 is 46.6 Å². The van der Waals surface area contributed by atoms with E-state index in [0.29, 0.717) is 18.0 Å². The number of nitrogens with zero attached hydrogens (tertiary/aromatic N) is 6. The Labute approximate surface area is 348 Å². The summed E-state index contributed by atoms with van der Waals surface area (Å²) in [4.78, 5) is 57.2. The van der Waals surface area contributed by atoms with E-state index in [4.69, 9.17) is 10.1 Å². The quantitative estimate of drug-likeness (QED) is 0.112. The van der Waals surface area contributed by atoms with Crippen LogP contribution in [0, 0.1) is 23.4 Å². The number of fused-ring (bicyclic) bond motifs is 3. The van der Waals surface area contributed by atoms with Gasteiger partial charge in [0.15, 0.2) is 17.4 Å². The third kappa shape index (κ3) is 7.80. The van der Waals surface area contributed by atoms with Crippen LogP contribution in [0.3, 0.4) is 0 Å². The van der Waals surface area contributed by atoms with Gasteiger partial charge in [0.1, 0.15) is 6.04 Å². The minimum absolute atomic E-state index is 0.115. The van der Waals surface area contributed by atoms with E-state index in [1.165, 1.54) is 15.7 Å². The highest BCUT2D eigenvalue weighted by Crippen LogP contribution is 2.34. The molecule has 16 heteroatoms. The van der Waals surface area contributed by atoms with Crippen molar-refractivity contribution in [3.05, 3.63) is 111 Å². The Kier molecular flexibility index (Phi) is 10.7. The summed E-state index contributed by atoms with van der Waals surface area (Å²) in [6, 6.07) is 14.3. The van der Waals surface area contributed by atoms with Crippen molar-refractivity contribution in [1.29, 1.82) is 0 Å². The molecule has 2 fully saturated rings.